The monoisotopic (exact) mass is 341 g/mol. The molecule has 2 atom stereocenters. The molecule has 1 aliphatic rings. The van der Waals surface area contributed by atoms with Gasteiger partial charge in [0.2, 0.25) is 0 Å². The van der Waals surface area contributed by atoms with Crippen LogP contribution in [0.3, 0.4) is 0 Å². The van der Waals surface area contributed by atoms with Crippen LogP contribution in [0.5, 0.6) is 0 Å². The normalized spacial score (nSPS) is 15.0. The Morgan fingerprint density at radius 3 is 2.04 bits per heavy atom. The number of carboxylic acids is 1. The van der Waals surface area contributed by atoms with Crippen molar-refractivity contribution < 1.29 is 24.5 Å². The van der Waals surface area contributed by atoms with Crippen LogP contribution in [0.4, 0.5) is 4.79 Å². The van der Waals surface area contributed by atoms with Gasteiger partial charge in [0.15, 0.2) is 0 Å². The largest absolute Gasteiger partial charge is 0.481 e. The lowest BCUT2D eigenvalue weighted by Gasteiger charge is -2.30. The zero-order valence-corrected chi connectivity index (χ0v) is 13.7. The molecular weight excluding hydrogens is 322 g/mol. The third kappa shape index (κ3) is 2.96. The Balaban J connectivity index is 2.14. The maximum absolute atomic E-state index is 11.8. The van der Waals surface area contributed by atoms with Crippen molar-refractivity contribution in [1.29, 1.82) is 0 Å². The van der Waals surface area contributed by atoms with Crippen LogP contribution in [0.2, 0.25) is 0 Å². The molecule has 6 heteroatoms. The minimum Gasteiger partial charge on any atom is -0.481 e. The Hall–Kier alpha value is -2.86. The Morgan fingerprint density at radius 1 is 1.08 bits per heavy atom. The smallest absolute Gasteiger partial charge is 0.407 e. The van der Waals surface area contributed by atoms with E-state index in [1.807, 2.05) is 48.5 Å². The lowest BCUT2D eigenvalue weighted by molar-refractivity contribution is -0.144. The molecule has 0 aromatic heterocycles. The molecule has 0 saturated heterocycles. The summed E-state index contributed by atoms with van der Waals surface area (Å²) in [7, 11) is 1.22. The van der Waals surface area contributed by atoms with Crippen LogP contribution in [0.25, 0.3) is 11.1 Å². The summed E-state index contributed by atoms with van der Waals surface area (Å²) < 4.78 is 4.67. The van der Waals surface area contributed by atoms with Gasteiger partial charge in [-0.05, 0) is 22.3 Å². The number of aliphatic carboxylic acids is 1. The molecule has 6 nitrogen and oxygen atoms in total. The van der Waals surface area contributed by atoms with Gasteiger partial charge in [-0.15, -0.1) is 0 Å². The van der Waals surface area contributed by atoms with E-state index in [0.717, 1.165) is 22.3 Å². The number of alkyl carbamates (subject to hydrolysis) is 1. The summed E-state index contributed by atoms with van der Waals surface area (Å²) in [6, 6.07) is 14.5. The van der Waals surface area contributed by atoms with Crippen molar-refractivity contribution in [3.63, 3.8) is 0 Å². The number of aliphatic hydroxyl groups is 1. The molecule has 2 aromatic carbocycles. The summed E-state index contributed by atoms with van der Waals surface area (Å²) in [6.07, 6.45) is -0.730. The number of methoxy groups -OCH3 is 1. The molecule has 0 spiro atoms. The molecule has 1 aliphatic carbocycles. The second kappa shape index (κ2) is 6.94. The number of carbonyl (C=O) groups is 2. The van der Waals surface area contributed by atoms with Crippen LogP contribution in [0.15, 0.2) is 48.5 Å². The first kappa shape index (κ1) is 17.0. The molecule has 0 heterocycles. The first-order chi connectivity index (χ1) is 12.1. The van der Waals surface area contributed by atoms with E-state index in [0.29, 0.717) is 0 Å². The fourth-order valence-electron chi connectivity index (χ4n) is 3.54. The molecule has 130 valence electrons. The zero-order chi connectivity index (χ0) is 18.0. The fraction of sp³-hybridized carbons (Fsp3) is 0.263. The molecule has 0 bridgehead atoms. The molecule has 0 saturated carbocycles. The summed E-state index contributed by atoms with van der Waals surface area (Å²) in [5.41, 5.74) is 3.85. The Labute approximate surface area is 145 Å². The topological polar surface area (TPSA) is 95.9 Å². The van der Waals surface area contributed by atoms with Gasteiger partial charge in [-0.1, -0.05) is 48.5 Å². The van der Waals surface area contributed by atoms with Crippen molar-refractivity contribution >= 4 is 12.1 Å². The molecule has 2 aromatic rings. The Bertz CT molecular complexity index is 758. The lowest BCUT2D eigenvalue weighted by Crippen LogP contribution is -2.48. The summed E-state index contributed by atoms with van der Waals surface area (Å²) in [5.74, 6) is -2.73. The van der Waals surface area contributed by atoms with Crippen molar-refractivity contribution in [1.82, 2.24) is 5.32 Å². The number of nitrogens with one attached hydrogen (secondary N) is 1. The molecule has 0 radical (unpaired) electrons. The van der Waals surface area contributed by atoms with E-state index in [4.69, 9.17) is 0 Å². The number of carboxylic acid groups (broad SMARTS) is 1. The third-order valence-corrected chi connectivity index (χ3v) is 4.66. The number of aliphatic hydroxyl groups excluding tert-OH is 1. The molecule has 25 heavy (non-hydrogen) atoms. The highest BCUT2D eigenvalue weighted by atomic mass is 16.5. The van der Waals surface area contributed by atoms with Gasteiger partial charge in [-0.3, -0.25) is 4.79 Å². The van der Waals surface area contributed by atoms with Gasteiger partial charge in [0.1, 0.15) is 5.92 Å². The quantitative estimate of drug-likeness (QED) is 0.775. The number of ether oxygens (including phenoxy) is 1. The zero-order valence-electron chi connectivity index (χ0n) is 13.7. The van der Waals surface area contributed by atoms with Gasteiger partial charge in [-0.2, -0.15) is 0 Å². The minimum absolute atomic E-state index is 0.389. The van der Waals surface area contributed by atoms with Crippen molar-refractivity contribution in [3.8, 4) is 11.1 Å². The van der Waals surface area contributed by atoms with E-state index in [9.17, 15) is 19.8 Å². The number of benzene rings is 2. The van der Waals surface area contributed by atoms with Gasteiger partial charge < -0.3 is 20.3 Å². The highest BCUT2D eigenvalue weighted by molar-refractivity contribution is 5.81. The van der Waals surface area contributed by atoms with Crippen molar-refractivity contribution in [2.24, 2.45) is 5.92 Å². The summed E-state index contributed by atoms with van der Waals surface area (Å²) in [5, 5.41) is 21.8. The van der Waals surface area contributed by atoms with E-state index in [-0.39, 0.29) is 5.92 Å². The van der Waals surface area contributed by atoms with Gasteiger partial charge >= 0.3 is 12.1 Å². The van der Waals surface area contributed by atoms with E-state index in [2.05, 4.69) is 10.1 Å². The Morgan fingerprint density at radius 2 is 1.60 bits per heavy atom. The van der Waals surface area contributed by atoms with Gasteiger partial charge in [0, 0.05) is 5.92 Å². The Kier molecular flexibility index (Phi) is 4.72. The van der Waals surface area contributed by atoms with Crippen molar-refractivity contribution in [2.75, 3.05) is 13.7 Å². The highest BCUT2D eigenvalue weighted by Gasteiger charge is 2.41. The van der Waals surface area contributed by atoms with Crippen LogP contribution < -0.4 is 5.32 Å². The summed E-state index contributed by atoms with van der Waals surface area (Å²) in [4.78, 5) is 23.5. The number of amides is 1. The molecule has 3 rings (SSSR count). The first-order valence-corrected chi connectivity index (χ1v) is 7.94. The molecule has 2 unspecified atom stereocenters. The minimum atomic E-state index is -1.18. The lowest BCUT2D eigenvalue weighted by atomic mass is 9.82. The van der Waals surface area contributed by atoms with Gasteiger partial charge in [0.05, 0.1) is 19.8 Å². The third-order valence-electron chi connectivity index (χ3n) is 4.66. The highest BCUT2D eigenvalue weighted by Crippen LogP contribution is 2.47. The maximum atomic E-state index is 11.8. The second-order valence-corrected chi connectivity index (χ2v) is 5.94. The molecule has 0 fully saturated rings. The predicted molar refractivity (Wildman–Crippen MR) is 91.3 cm³/mol. The van der Waals surface area contributed by atoms with Crippen LogP contribution in [0.1, 0.15) is 17.0 Å². The number of rotatable bonds is 5. The number of carbonyl (C=O) groups excluding carboxylic acids is 1. The average molecular weight is 341 g/mol. The van der Waals surface area contributed by atoms with E-state index in [1.165, 1.54) is 7.11 Å². The first-order valence-electron chi connectivity index (χ1n) is 7.94. The van der Waals surface area contributed by atoms with Gasteiger partial charge in [-0.25, -0.2) is 4.79 Å². The van der Waals surface area contributed by atoms with Crippen LogP contribution in [-0.2, 0) is 9.53 Å². The van der Waals surface area contributed by atoms with E-state index in [1.54, 1.807) is 0 Å². The number of hydrogen-bond donors (Lipinski definition) is 3. The van der Waals surface area contributed by atoms with E-state index < -0.39 is 30.6 Å². The number of hydrogen-bond acceptors (Lipinski definition) is 4. The SMILES string of the molecule is COC(=O)NC(C(CO)C(=O)O)C1c2ccccc2-c2ccccc21. The van der Waals surface area contributed by atoms with Crippen LogP contribution in [0, 0.1) is 5.92 Å². The maximum Gasteiger partial charge on any atom is 0.407 e. The summed E-state index contributed by atoms with van der Waals surface area (Å²) >= 11 is 0. The van der Waals surface area contributed by atoms with Gasteiger partial charge in [0.25, 0.3) is 0 Å². The number of fused-ring (bicyclic) bond motifs is 3. The standard InChI is InChI=1S/C19H19NO5/c1-25-19(24)20-17(15(10-21)18(22)23)16-13-8-4-2-6-11(13)12-7-3-5-9-14(12)16/h2-9,15-17,21H,10H2,1H3,(H,20,24)(H,22,23). The van der Waals surface area contributed by atoms with Crippen molar-refractivity contribution in [2.45, 2.75) is 12.0 Å². The molecule has 3 N–H and O–H groups in total. The molecular formula is C19H19NO5. The van der Waals surface area contributed by atoms with E-state index >= 15 is 0 Å². The molecule has 1 amide bonds. The van der Waals surface area contributed by atoms with Crippen molar-refractivity contribution in [3.05, 3.63) is 59.7 Å². The predicted octanol–water partition coefficient (Wildman–Crippen LogP) is 2.22. The van der Waals surface area contributed by atoms with Crippen LogP contribution in [-0.4, -0.2) is 42.0 Å². The average Bonchev–Trinajstić information content (AvgIpc) is 2.95. The molecule has 0 aliphatic heterocycles. The summed E-state index contributed by atoms with van der Waals surface area (Å²) in [6.45, 7) is -0.592. The second-order valence-electron chi connectivity index (χ2n) is 5.94. The van der Waals surface area contributed by atoms with Crippen LogP contribution >= 0.6 is 0 Å². The fourth-order valence-corrected chi connectivity index (χ4v) is 3.54.